The zero-order valence-electron chi connectivity index (χ0n) is 11.6. The Morgan fingerprint density at radius 1 is 1.10 bits per heavy atom. The quantitative estimate of drug-likeness (QED) is 0.804. The minimum absolute atomic E-state index is 0.00818. The van der Waals surface area contributed by atoms with Gasteiger partial charge in [0.1, 0.15) is 0 Å². The van der Waals surface area contributed by atoms with Crippen molar-refractivity contribution in [2.75, 3.05) is 18.2 Å². The summed E-state index contributed by atoms with van der Waals surface area (Å²) in [4.78, 5) is 1.21. The van der Waals surface area contributed by atoms with Gasteiger partial charge in [0.05, 0.1) is 12.1 Å². The lowest BCUT2D eigenvalue weighted by atomic mass is 9.92. The number of thioether (sulfide) groups is 1. The van der Waals surface area contributed by atoms with E-state index in [0.717, 1.165) is 11.3 Å². The molecule has 2 aromatic carbocycles. The molecule has 1 atom stereocenters. The summed E-state index contributed by atoms with van der Waals surface area (Å²) in [7, 11) is 0. The molecule has 0 aromatic heterocycles. The van der Waals surface area contributed by atoms with E-state index in [0.29, 0.717) is 5.02 Å². The van der Waals surface area contributed by atoms with Crippen molar-refractivity contribution in [1.29, 1.82) is 0 Å². The monoisotopic (exact) mass is 307 g/mol. The van der Waals surface area contributed by atoms with Gasteiger partial charge in [-0.05, 0) is 55.1 Å². The normalized spacial score (nSPS) is 13.8. The van der Waals surface area contributed by atoms with E-state index in [2.05, 4.69) is 17.4 Å². The van der Waals surface area contributed by atoms with E-state index >= 15 is 0 Å². The van der Waals surface area contributed by atoms with Crippen molar-refractivity contribution in [3.05, 3.63) is 59.1 Å². The SMILES string of the molecule is CSc1ccc(C(C)(CO)Nc2ccc(Cl)cc2)cc1. The van der Waals surface area contributed by atoms with Gasteiger partial charge in [-0.2, -0.15) is 0 Å². The lowest BCUT2D eigenvalue weighted by Gasteiger charge is -2.30. The number of hydrogen-bond donors (Lipinski definition) is 2. The maximum Gasteiger partial charge on any atom is 0.0828 e. The number of aliphatic hydroxyl groups is 1. The fourth-order valence-corrected chi connectivity index (χ4v) is 2.55. The van der Waals surface area contributed by atoms with E-state index in [1.54, 1.807) is 11.8 Å². The molecular weight excluding hydrogens is 290 g/mol. The van der Waals surface area contributed by atoms with Crippen molar-refractivity contribution in [3.63, 3.8) is 0 Å². The smallest absolute Gasteiger partial charge is 0.0828 e. The van der Waals surface area contributed by atoms with Crippen molar-refractivity contribution in [2.24, 2.45) is 0 Å². The molecule has 0 saturated heterocycles. The highest BCUT2D eigenvalue weighted by Gasteiger charge is 2.25. The molecule has 0 aliphatic rings. The standard InChI is InChI=1S/C16H18ClNOS/c1-16(11-19,12-3-9-15(20-2)10-4-12)18-14-7-5-13(17)6-8-14/h3-10,18-19H,11H2,1-2H3. The van der Waals surface area contributed by atoms with Crippen LogP contribution in [0.5, 0.6) is 0 Å². The summed E-state index contributed by atoms with van der Waals surface area (Å²) in [5, 5.41) is 13.9. The van der Waals surface area contributed by atoms with Crippen LogP contribution in [0.1, 0.15) is 12.5 Å². The molecule has 0 bridgehead atoms. The number of aliphatic hydroxyl groups excluding tert-OH is 1. The van der Waals surface area contributed by atoms with Crippen LogP contribution in [-0.2, 0) is 5.54 Å². The van der Waals surface area contributed by atoms with Crippen LogP contribution in [0.25, 0.3) is 0 Å². The Morgan fingerprint density at radius 3 is 2.20 bits per heavy atom. The van der Waals surface area contributed by atoms with Gasteiger partial charge in [-0.15, -0.1) is 11.8 Å². The van der Waals surface area contributed by atoms with E-state index in [1.807, 2.05) is 49.6 Å². The first-order valence-corrected chi connectivity index (χ1v) is 7.97. The van der Waals surface area contributed by atoms with Crippen LogP contribution < -0.4 is 5.32 Å². The van der Waals surface area contributed by atoms with Crippen LogP contribution in [0.2, 0.25) is 5.02 Å². The first-order chi connectivity index (χ1) is 9.57. The molecule has 2 rings (SSSR count). The number of hydrogen-bond acceptors (Lipinski definition) is 3. The average molecular weight is 308 g/mol. The highest BCUT2D eigenvalue weighted by Crippen LogP contribution is 2.28. The third-order valence-electron chi connectivity index (χ3n) is 3.31. The second kappa shape index (κ2) is 6.53. The van der Waals surface area contributed by atoms with E-state index in [1.165, 1.54) is 4.90 Å². The highest BCUT2D eigenvalue weighted by molar-refractivity contribution is 7.98. The average Bonchev–Trinajstić information content (AvgIpc) is 2.49. The second-order valence-electron chi connectivity index (χ2n) is 4.85. The summed E-state index contributed by atoms with van der Waals surface area (Å²) in [6.07, 6.45) is 2.05. The molecule has 0 amide bonds. The fourth-order valence-electron chi connectivity index (χ4n) is 2.01. The van der Waals surface area contributed by atoms with Crippen molar-refractivity contribution in [1.82, 2.24) is 0 Å². The van der Waals surface area contributed by atoms with Crippen molar-refractivity contribution in [2.45, 2.75) is 17.4 Å². The van der Waals surface area contributed by atoms with Gasteiger partial charge in [0, 0.05) is 15.6 Å². The molecule has 0 heterocycles. The van der Waals surface area contributed by atoms with Gasteiger partial charge < -0.3 is 10.4 Å². The Kier molecular flexibility index (Phi) is 4.97. The molecule has 2 nitrogen and oxygen atoms in total. The van der Waals surface area contributed by atoms with Gasteiger partial charge in [0.25, 0.3) is 0 Å². The minimum atomic E-state index is -0.523. The Morgan fingerprint density at radius 2 is 1.70 bits per heavy atom. The molecule has 0 aliphatic heterocycles. The van der Waals surface area contributed by atoms with Crippen LogP contribution in [-0.4, -0.2) is 18.0 Å². The Bertz CT molecular complexity index is 556. The predicted octanol–water partition coefficient (Wildman–Crippen LogP) is 4.38. The van der Waals surface area contributed by atoms with Crippen molar-refractivity contribution in [3.8, 4) is 0 Å². The van der Waals surface area contributed by atoms with Crippen LogP contribution in [0.4, 0.5) is 5.69 Å². The minimum Gasteiger partial charge on any atom is -0.394 e. The number of halogens is 1. The summed E-state index contributed by atoms with van der Waals surface area (Å²) in [5.74, 6) is 0. The predicted molar refractivity (Wildman–Crippen MR) is 87.7 cm³/mol. The molecule has 2 aromatic rings. The molecular formula is C16H18ClNOS. The largest absolute Gasteiger partial charge is 0.394 e. The zero-order valence-corrected chi connectivity index (χ0v) is 13.1. The molecule has 0 fully saturated rings. The van der Waals surface area contributed by atoms with Gasteiger partial charge in [-0.25, -0.2) is 0 Å². The van der Waals surface area contributed by atoms with E-state index in [9.17, 15) is 5.11 Å². The molecule has 0 aliphatic carbocycles. The first-order valence-electron chi connectivity index (χ1n) is 6.36. The van der Waals surface area contributed by atoms with Gasteiger partial charge >= 0.3 is 0 Å². The van der Waals surface area contributed by atoms with Gasteiger partial charge in [-0.3, -0.25) is 0 Å². The Hall–Kier alpha value is -1.16. The van der Waals surface area contributed by atoms with E-state index < -0.39 is 5.54 Å². The summed E-state index contributed by atoms with van der Waals surface area (Å²) < 4.78 is 0. The molecule has 0 spiro atoms. The van der Waals surface area contributed by atoms with E-state index in [4.69, 9.17) is 11.6 Å². The first kappa shape index (κ1) is 15.2. The third-order valence-corrected chi connectivity index (χ3v) is 4.30. The summed E-state index contributed by atoms with van der Waals surface area (Å²) in [6.45, 7) is 1.99. The molecule has 4 heteroatoms. The second-order valence-corrected chi connectivity index (χ2v) is 6.17. The Labute approximate surface area is 129 Å². The molecule has 0 saturated carbocycles. The number of rotatable bonds is 5. The molecule has 0 radical (unpaired) electrons. The number of anilines is 1. The number of nitrogens with one attached hydrogen (secondary N) is 1. The maximum absolute atomic E-state index is 9.79. The van der Waals surface area contributed by atoms with Gasteiger partial charge in [0.15, 0.2) is 0 Å². The molecule has 2 N–H and O–H groups in total. The molecule has 1 unspecified atom stereocenters. The van der Waals surface area contributed by atoms with Crippen LogP contribution in [0.15, 0.2) is 53.4 Å². The van der Waals surface area contributed by atoms with Gasteiger partial charge in [-0.1, -0.05) is 23.7 Å². The van der Waals surface area contributed by atoms with Gasteiger partial charge in [0.2, 0.25) is 0 Å². The summed E-state index contributed by atoms with van der Waals surface area (Å²) in [6, 6.07) is 15.7. The molecule has 106 valence electrons. The summed E-state index contributed by atoms with van der Waals surface area (Å²) >= 11 is 7.59. The third kappa shape index (κ3) is 3.48. The maximum atomic E-state index is 9.79. The highest BCUT2D eigenvalue weighted by atomic mass is 35.5. The number of benzene rings is 2. The topological polar surface area (TPSA) is 32.3 Å². The van der Waals surface area contributed by atoms with Crippen LogP contribution >= 0.6 is 23.4 Å². The van der Waals surface area contributed by atoms with Crippen molar-refractivity contribution >= 4 is 29.1 Å². The zero-order chi connectivity index (χ0) is 14.6. The molecule has 20 heavy (non-hydrogen) atoms. The lowest BCUT2D eigenvalue weighted by Crippen LogP contribution is -2.35. The Balaban J connectivity index is 2.25. The fraction of sp³-hybridized carbons (Fsp3) is 0.250. The van der Waals surface area contributed by atoms with Crippen LogP contribution in [0.3, 0.4) is 0 Å². The lowest BCUT2D eigenvalue weighted by molar-refractivity contribution is 0.224. The summed E-state index contributed by atoms with van der Waals surface area (Å²) in [5.41, 5.74) is 1.46. The van der Waals surface area contributed by atoms with Crippen molar-refractivity contribution < 1.29 is 5.11 Å². The van der Waals surface area contributed by atoms with E-state index in [-0.39, 0.29) is 6.61 Å². The van der Waals surface area contributed by atoms with Crippen LogP contribution in [0, 0.1) is 0 Å².